The van der Waals surface area contributed by atoms with E-state index in [-0.39, 0.29) is 18.4 Å². The van der Waals surface area contributed by atoms with Crippen molar-refractivity contribution < 1.29 is 0 Å². The van der Waals surface area contributed by atoms with Crippen LogP contribution in [-0.4, -0.2) is 76.3 Å². The van der Waals surface area contributed by atoms with E-state index < -0.39 is 0 Å². The van der Waals surface area contributed by atoms with Crippen molar-refractivity contribution in [2.45, 2.75) is 6.29 Å². The molecule has 0 heterocycles. The highest BCUT2D eigenvalue weighted by Gasteiger charge is 2.14. The van der Waals surface area contributed by atoms with E-state index in [4.69, 9.17) is 11.5 Å². The van der Waals surface area contributed by atoms with Crippen LogP contribution in [0, 0.1) is 0 Å². The fourth-order valence-electron chi connectivity index (χ4n) is 1.39. The molecular formula is C9H27ClN6. The topological polar surface area (TPSA) is 74.1 Å². The van der Waals surface area contributed by atoms with Crippen molar-refractivity contribution in [2.24, 2.45) is 16.5 Å². The van der Waals surface area contributed by atoms with E-state index in [2.05, 4.69) is 62.0 Å². The lowest BCUT2D eigenvalue weighted by molar-refractivity contribution is 0.00961. The Labute approximate surface area is 106 Å². The number of hydrogen-bond donors (Lipinski definition) is 2. The smallest absolute Gasteiger partial charge is 0.185 e. The standard InChI is InChI=1S/C7H19N3.C2H7N3.ClH/c1-8(2)7(9(3)4)10(5)6;1-5-2(3)4;/h7H,1-6H3;1H3,(H4,3,4,5);1H. The number of rotatable bonds is 3. The molecule has 7 heteroatoms. The Morgan fingerprint density at radius 3 is 1.06 bits per heavy atom. The van der Waals surface area contributed by atoms with Crippen LogP contribution < -0.4 is 11.5 Å². The van der Waals surface area contributed by atoms with Gasteiger partial charge >= 0.3 is 0 Å². The predicted molar refractivity (Wildman–Crippen MR) is 73.8 cm³/mol. The summed E-state index contributed by atoms with van der Waals surface area (Å²) >= 11 is 0. The molecule has 0 aromatic rings. The minimum atomic E-state index is 0. The molecule has 4 N–H and O–H groups in total. The molecule has 0 aliphatic heterocycles. The van der Waals surface area contributed by atoms with Crippen LogP contribution in [0.15, 0.2) is 4.99 Å². The van der Waals surface area contributed by atoms with Gasteiger partial charge in [-0.25, -0.2) is 0 Å². The zero-order chi connectivity index (χ0) is 12.6. The number of guanidine groups is 1. The van der Waals surface area contributed by atoms with E-state index >= 15 is 0 Å². The second kappa shape index (κ2) is 10.9. The van der Waals surface area contributed by atoms with Crippen molar-refractivity contribution in [3.8, 4) is 0 Å². The zero-order valence-electron chi connectivity index (χ0n) is 11.4. The Morgan fingerprint density at radius 1 is 0.875 bits per heavy atom. The van der Waals surface area contributed by atoms with Gasteiger partial charge < -0.3 is 11.5 Å². The van der Waals surface area contributed by atoms with Crippen molar-refractivity contribution in [1.29, 1.82) is 0 Å². The Bertz CT molecular complexity index is 158. The van der Waals surface area contributed by atoms with Gasteiger partial charge in [0, 0.05) is 7.05 Å². The molecule has 0 aliphatic rings. The SMILES string of the molecule is CN(C)C(N(C)C)N(C)C.CN=C(N)N.Cl. The van der Waals surface area contributed by atoms with Gasteiger partial charge in [-0.1, -0.05) is 0 Å². The largest absolute Gasteiger partial charge is 0.370 e. The van der Waals surface area contributed by atoms with Crippen molar-refractivity contribution >= 4 is 18.4 Å². The summed E-state index contributed by atoms with van der Waals surface area (Å²) in [5, 5.41) is 0. The first kappa shape index (κ1) is 20.8. The monoisotopic (exact) mass is 254 g/mol. The van der Waals surface area contributed by atoms with Crippen molar-refractivity contribution in [3.05, 3.63) is 0 Å². The molecule has 6 nitrogen and oxygen atoms in total. The van der Waals surface area contributed by atoms with Gasteiger partial charge in [0.25, 0.3) is 0 Å². The molecule has 0 saturated heterocycles. The first-order chi connectivity index (χ1) is 6.73. The molecule has 16 heavy (non-hydrogen) atoms. The highest BCUT2D eigenvalue weighted by Crippen LogP contribution is 1.98. The van der Waals surface area contributed by atoms with Crippen LogP contribution in [0.3, 0.4) is 0 Å². The number of nitrogens with two attached hydrogens (primary N) is 2. The van der Waals surface area contributed by atoms with Crippen molar-refractivity contribution in [2.75, 3.05) is 49.3 Å². The van der Waals surface area contributed by atoms with Crippen LogP contribution in [0.4, 0.5) is 0 Å². The second-order valence-corrected chi connectivity index (χ2v) is 3.89. The first-order valence-corrected chi connectivity index (χ1v) is 4.71. The lowest BCUT2D eigenvalue weighted by atomic mass is 10.6. The Hall–Kier alpha value is -0.560. The van der Waals surface area contributed by atoms with E-state index in [0.29, 0.717) is 6.29 Å². The Balaban J connectivity index is -0.000000242. The fraction of sp³-hybridized carbons (Fsp3) is 0.889. The molecule has 0 atom stereocenters. The van der Waals surface area contributed by atoms with Gasteiger partial charge in [0.15, 0.2) is 5.96 Å². The van der Waals surface area contributed by atoms with Gasteiger partial charge in [0.2, 0.25) is 0 Å². The Morgan fingerprint density at radius 2 is 1.06 bits per heavy atom. The van der Waals surface area contributed by atoms with Crippen LogP contribution in [0.2, 0.25) is 0 Å². The van der Waals surface area contributed by atoms with Crippen molar-refractivity contribution in [1.82, 2.24) is 14.7 Å². The number of aliphatic imine (C=N–C) groups is 1. The third-order valence-electron chi connectivity index (χ3n) is 1.64. The zero-order valence-corrected chi connectivity index (χ0v) is 12.2. The summed E-state index contributed by atoms with van der Waals surface area (Å²) in [5.74, 6) is 0.130. The van der Waals surface area contributed by atoms with Gasteiger partial charge in [0.1, 0.15) is 6.29 Å². The molecule has 0 spiro atoms. The molecule has 0 aromatic heterocycles. The fourth-order valence-corrected chi connectivity index (χ4v) is 1.39. The third kappa shape index (κ3) is 11.5. The molecule has 0 unspecified atom stereocenters. The van der Waals surface area contributed by atoms with Gasteiger partial charge in [-0.05, 0) is 42.3 Å². The van der Waals surface area contributed by atoms with E-state index in [9.17, 15) is 0 Å². The normalized spacial score (nSPS) is 9.94. The molecule has 0 saturated carbocycles. The van der Waals surface area contributed by atoms with E-state index in [1.54, 1.807) is 0 Å². The quantitative estimate of drug-likeness (QED) is 0.395. The van der Waals surface area contributed by atoms with Gasteiger partial charge in [-0.15, -0.1) is 12.4 Å². The average Bonchev–Trinajstić information content (AvgIpc) is 2.02. The maximum Gasteiger partial charge on any atom is 0.185 e. The summed E-state index contributed by atoms with van der Waals surface area (Å²) in [5.41, 5.74) is 9.64. The van der Waals surface area contributed by atoms with E-state index in [0.717, 1.165) is 0 Å². The average molecular weight is 255 g/mol. The first-order valence-electron chi connectivity index (χ1n) is 4.71. The van der Waals surface area contributed by atoms with E-state index in [1.807, 2.05) is 0 Å². The van der Waals surface area contributed by atoms with Gasteiger partial charge in [-0.2, -0.15) is 0 Å². The summed E-state index contributed by atoms with van der Waals surface area (Å²) in [6, 6.07) is 0. The molecule has 0 fully saturated rings. The molecule has 100 valence electrons. The van der Waals surface area contributed by atoms with Crippen LogP contribution in [-0.2, 0) is 0 Å². The maximum absolute atomic E-state index is 4.82. The molecule has 0 aromatic carbocycles. The predicted octanol–water partition coefficient (Wildman–Crippen LogP) is -0.734. The summed E-state index contributed by atoms with van der Waals surface area (Å²) in [7, 11) is 14.0. The Kier molecular flexibility index (Phi) is 14.2. The van der Waals surface area contributed by atoms with Gasteiger partial charge in [0.05, 0.1) is 0 Å². The minimum absolute atomic E-state index is 0. The van der Waals surface area contributed by atoms with Crippen molar-refractivity contribution in [3.63, 3.8) is 0 Å². The molecule has 0 rings (SSSR count). The highest BCUT2D eigenvalue weighted by molar-refractivity contribution is 5.85. The minimum Gasteiger partial charge on any atom is -0.370 e. The third-order valence-corrected chi connectivity index (χ3v) is 1.64. The number of hydrogen-bond acceptors (Lipinski definition) is 4. The summed E-state index contributed by atoms with van der Waals surface area (Å²) in [6.07, 6.45) is 0.389. The van der Waals surface area contributed by atoms with Crippen LogP contribution in [0.25, 0.3) is 0 Å². The number of nitrogens with zero attached hydrogens (tertiary/aromatic N) is 4. The molecular weight excluding hydrogens is 228 g/mol. The summed E-state index contributed by atoms with van der Waals surface area (Å²) in [4.78, 5) is 9.86. The van der Waals surface area contributed by atoms with Crippen LogP contribution in [0.5, 0.6) is 0 Å². The number of halogens is 1. The maximum atomic E-state index is 4.82. The second-order valence-electron chi connectivity index (χ2n) is 3.89. The molecule has 0 radical (unpaired) electrons. The lowest BCUT2D eigenvalue weighted by Gasteiger charge is -2.35. The molecule has 0 amide bonds. The molecule has 0 bridgehead atoms. The van der Waals surface area contributed by atoms with Gasteiger partial charge in [-0.3, -0.25) is 19.7 Å². The van der Waals surface area contributed by atoms with Crippen LogP contribution >= 0.6 is 12.4 Å². The summed E-state index contributed by atoms with van der Waals surface area (Å²) in [6.45, 7) is 0. The summed E-state index contributed by atoms with van der Waals surface area (Å²) < 4.78 is 0. The highest BCUT2D eigenvalue weighted by atomic mass is 35.5. The van der Waals surface area contributed by atoms with Crippen LogP contribution in [0.1, 0.15) is 0 Å². The lowest BCUT2D eigenvalue weighted by Crippen LogP contribution is -2.50. The van der Waals surface area contributed by atoms with E-state index in [1.165, 1.54) is 7.05 Å². The molecule has 0 aliphatic carbocycles.